The van der Waals surface area contributed by atoms with E-state index in [4.69, 9.17) is 0 Å². The van der Waals surface area contributed by atoms with Gasteiger partial charge >= 0.3 is 0 Å². The Kier molecular flexibility index (Phi) is 10.5. The lowest BCUT2D eigenvalue weighted by molar-refractivity contribution is -0.116. The molecule has 0 aliphatic heterocycles. The van der Waals surface area contributed by atoms with Gasteiger partial charge in [0.05, 0.1) is 0 Å². The van der Waals surface area contributed by atoms with Gasteiger partial charge in [-0.2, -0.15) is 0 Å². The number of fused-ring (bicyclic) bond motifs is 1. The van der Waals surface area contributed by atoms with Gasteiger partial charge in [0.15, 0.2) is 5.12 Å². The molecule has 2 aliphatic carbocycles. The van der Waals surface area contributed by atoms with E-state index in [1.807, 2.05) is 0 Å². The summed E-state index contributed by atoms with van der Waals surface area (Å²) in [4.78, 5) is 12.7. The minimum atomic E-state index is 0.317. The van der Waals surface area contributed by atoms with Crippen LogP contribution in [0.5, 0.6) is 0 Å². The molecule has 27 heavy (non-hydrogen) atoms. The fourth-order valence-electron chi connectivity index (χ4n) is 5.27. The highest BCUT2D eigenvalue weighted by Gasteiger charge is 2.43. The molecule has 0 N–H and O–H groups in total. The molecule has 0 saturated heterocycles. The molecule has 1 saturated carbocycles. The molecule has 0 heterocycles. The predicted molar refractivity (Wildman–Crippen MR) is 121 cm³/mol. The first kappa shape index (κ1) is 23.0. The van der Waals surface area contributed by atoms with Gasteiger partial charge in [-0.15, -0.1) is 0 Å². The molecule has 0 spiro atoms. The molecule has 0 unspecified atom stereocenters. The molecular weight excluding hydrogens is 348 g/mol. The number of hydrogen-bond donors (Lipinski definition) is 0. The van der Waals surface area contributed by atoms with Gasteiger partial charge in [0.1, 0.15) is 0 Å². The lowest BCUT2D eigenvalue weighted by Gasteiger charge is -2.47. The van der Waals surface area contributed by atoms with E-state index >= 15 is 0 Å². The van der Waals surface area contributed by atoms with Gasteiger partial charge in [-0.25, -0.2) is 0 Å². The molecule has 0 amide bonds. The Hall–Kier alpha value is -0.240. The molecule has 0 aromatic heterocycles. The van der Waals surface area contributed by atoms with E-state index in [9.17, 15) is 4.79 Å². The largest absolute Gasteiger partial charge is 0.287 e. The van der Waals surface area contributed by atoms with Crippen LogP contribution in [-0.2, 0) is 4.79 Å². The van der Waals surface area contributed by atoms with Crippen LogP contribution in [0.25, 0.3) is 0 Å². The molecule has 0 radical (unpaired) electrons. The summed E-state index contributed by atoms with van der Waals surface area (Å²) in [6.45, 7) is 7.04. The van der Waals surface area contributed by atoms with Crippen molar-refractivity contribution in [3.8, 4) is 0 Å². The van der Waals surface area contributed by atoms with E-state index in [2.05, 4.69) is 26.8 Å². The summed E-state index contributed by atoms with van der Waals surface area (Å²) in [5, 5.41) is 0.492. The second-order valence-corrected chi connectivity index (χ2v) is 10.6. The van der Waals surface area contributed by atoms with Crippen LogP contribution >= 0.6 is 11.8 Å². The van der Waals surface area contributed by atoms with E-state index in [0.717, 1.165) is 18.6 Å². The molecule has 156 valence electrons. The van der Waals surface area contributed by atoms with E-state index in [1.54, 1.807) is 17.3 Å². The number of hydrogen-bond acceptors (Lipinski definition) is 2. The van der Waals surface area contributed by atoms with E-state index in [0.29, 0.717) is 22.4 Å². The third-order valence-electron chi connectivity index (χ3n) is 7.23. The Morgan fingerprint density at radius 3 is 2.33 bits per heavy atom. The van der Waals surface area contributed by atoms with E-state index in [1.165, 1.54) is 83.5 Å². The van der Waals surface area contributed by atoms with Gasteiger partial charge < -0.3 is 0 Å². The number of carbonyl (C=O) groups excluding carboxylic acids is 1. The standard InChI is InChI=1S/C25H44OS/c1-4-5-6-7-8-9-10-11-12-13-19-27-24(26)22-16-18-25(3)17-14-15-21(2)23(25)20-22/h15,22-23H,4-14,16-20H2,1-3H3/t22-,23+,25-/m0/s1. The van der Waals surface area contributed by atoms with Crippen LogP contribution in [0.4, 0.5) is 0 Å². The molecule has 0 bridgehead atoms. The van der Waals surface area contributed by atoms with E-state index < -0.39 is 0 Å². The van der Waals surface area contributed by atoms with Crippen molar-refractivity contribution in [2.75, 3.05) is 5.75 Å². The number of allylic oxidation sites excluding steroid dienone is 2. The Labute approximate surface area is 173 Å². The van der Waals surface area contributed by atoms with Crippen molar-refractivity contribution in [3.63, 3.8) is 0 Å². The average Bonchev–Trinajstić information content (AvgIpc) is 2.65. The SMILES string of the molecule is CCCCCCCCCCCCSC(=O)[C@H]1CC[C@]2(C)CCC=C(C)[C@H]2C1. The topological polar surface area (TPSA) is 17.1 Å². The van der Waals surface area contributed by atoms with E-state index in [-0.39, 0.29) is 0 Å². The summed E-state index contributed by atoms with van der Waals surface area (Å²) in [6, 6.07) is 0. The van der Waals surface area contributed by atoms with Crippen LogP contribution in [-0.4, -0.2) is 10.9 Å². The summed E-state index contributed by atoms with van der Waals surface area (Å²) in [7, 11) is 0. The van der Waals surface area contributed by atoms with Crippen molar-refractivity contribution in [1.82, 2.24) is 0 Å². The summed E-state index contributed by atoms with van der Waals surface area (Å²) >= 11 is 1.64. The first-order valence-corrected chi connectivity index (χ1v) is 12.9. The van der Waals surface area contributed by atoms with Gasteiger partial charge in [-0.05, 0) is 56.8 Å². The van der Waals surface area contributed by atoms with Gasteiger partial charge in [-0.1, -0.05) is 95.0 Å². The molecule has 2 rings (SSSR count). The lowest BCUT2D eigenvalue weighted by atomic mass is 9.58. The maximum atomic E-state index is 12.7. The normalized spacial score (nSPS) is 27.9. The second kappa shape index (κ2) is 12.3. The Balaban J connectivity index is 1.53. The van der Waals surface area contributed by atoms with Crippen LogP contribution in [0.3, 0.4) is 0 Å². The van der Waals surface area contributed by atoms with Gasteiger partial charge in [-0.3, -0.25) is 4.79 Å². The first-order chi connectivity index (χ1) is 13.1. The zero-order valence-corrected chi connectivity index (χ0v) is 19.2. The Bertz CT molecular complexity index is 469. The van der Waals surface area contributed by atoms with Crippen LogP contribution < -0.4 is 0 Å². The molecular formula is C25H44OS. The molecule has 0 aromatic rings. The molecule has 2 heteroatoms. The van der Waals surface area contributed by atoms with Crippen LogP contribution in [0.1, 0.15) is 117 Å². The second-order valence-electron chi connectivity index (χ2n) is 9.51. The van der Waals surface area contributed by atoms with Crippen molar-refractivity contribution in [3.05, 3.63) is 11.6 Å². The van der Waals surface area contributed by atoms with Gasteiger partial charge in [0, 0.05) is 11.7 Å². The van der Waals surface area contributed by atoms with Crippen molar-refractivity contribution in [2.45, 2.75) is 117 Å². The van der Waals surface area contributed by atoms with Crippen LogP contribution in [0, 0.1) is 17.3 Å². The summed E-state index contributed by atoms with van der Waals surface area (Å²) in [5.41, 5.74) is 2.03. The molecule has 1 fully saturated rings. The van der Waals surface area contributed by atoms with Crippen LogP contribution in [0.2, 0.25) is 0 Å². The highest BCUT2D eigenvalue weighted by atomic mass is 32.2. The minimum Gasteiger partial charge on any atom is -0.287 e. The average molecular weight is 393 g/mol. The third-order valence-corrected chi connectivity index (χ3v) is 8.34. The fraction of sp³-hybridized carbons (Fsp3) is 0.880. The lowest BCUT2D eigenvalue weighted by Crippen LogP contribution is -2.38. The highest BCUT2D eigenvalue weighted by Crippen LogP contribution is 2.52. The Morgan fingerprint density at radius 1 is 1.04 bits per heavy atom. The van der Waals surface area contributed by atoms with Crippen molar-refractivity contribution in [2.24, 2.45) is 17.3 Å². The highest BCUT2D eigenvalue weighted by molar-refractivity contribution is 8.13. The summed E-state index contributed by atoms with van der Waals surface area (Å²) < 4.78 is 0. The third kappa shape index (κ3) is 7.59. The van der Waals surface area contributed by atoms with Gasteiger partial charge in [0.2, 0.25) is 0 Å². The quantitative estimate of drug-likeness (QED) is 0.245. The number of rotatable bonds is 12. The zero-order chi connectivity index (χ0) is 19.5. The fourth-order valence-corrected chi connectivity index (χ4v) is 6.27. The number of carbonyl (C=O) groups is 1. The maximum absolute atomic E-state index is 12.7. The Morgan fingerprint density at radius 2 is 1.67 bits per heavy atom. The van der Waals surface area contributed by atoms with Crippen molar-refractivity contribution in [1.29, 1.82) is 0 Å². The monoisotopic (exact) mass is 392 g/mol. The number of unbranched alkanes of at least 4 members (excludes halogenated alkanes) is 9. The molecule has 2 aliphatic rings. The van der Waals surface area contributed by atoms with Crippen molar-refractivity contribution >= 4 is 16.9 Å². The minimum absolute atomic E-state index is 0.317. The maximum Gasteiger partial charge on any atom is 0.192 e. The first-order valence-electron chi connectivity index (χ1n) is 11.9. The van der Waals surface area contributed by atoms with Crippen molar-refractivity contribution < 1.29 is 4.79 Å². The summed E-state index contributed by atoms with van der Waals surface area (Å²) in [6.07, 6.45) is 22.2. The van der Waals surface area contributed by atoms with Crippen LogP contribution in [0.15, 0.2) is 11.6 Å². The number of thioether (sulfide) groups is 1. The smallest absolute Gasteiger partial charge is 0.192 e. The predicted octanol–water partition coefficient (Wildman–Crippen LogP) is 8.33. The molecule has 3 atom stereocenters. The zero-order valence-electron chi connectivity index (χ0n) is 18.4. The molecule has 0 aromatic carbocycles. The van der Waals surface area contributed by atoms with Gasteiger partial charge in [0.25, 0.3) is 0 Å². The molecule has 1 nitrogen and oxygen atoms in total. The summed E-state index contributed by atoms with van der Waals surface area (Å²) in [5.74, 6) is 2.02.